The second kappa shape index (κ2) is 9.23. The first-order valence-corrected chi connectivity index (χ1v) is 8.62. The maximum absolute atomic E-state index is 6.35. The molecule has 0 aromatic heterocycles. The molecule has 0 aromatic rings. The van der Waals surface area contributed by atoms with Gasteiger partial charge in [0.05, 0.1) is 17.6 Å². The second-order valence-corrected chi connectivity index (χ2v) is 7.28. The highest BCUT2D eigenvalue weighted by atomic mass is 79.9. The van der Waals surface area contributed by atoms with Crippen molar-refractivity contribution in [2.45, 2.75) is 55.0 Å². The molecule has 1 heterocycles. The molecule has 0 bridgehead atoms. The van der Waals surface area contributed by atoms with E-state index in [0.717, 1.165) is 25.7 Å². The molecule has 0 unspecified atom stereocenters. The molecule has 0 radical (unpaired) electrons. The summed E-state index contributed by atoms with van der Waals surface area (Å²) in [6, 6.07) is 0. The van der Waals surface area contributed by atoms with Crippen LogP contribution in [0.2, 0.25) is 0 Å². The highest BCUT2D eigenvalue weighted by molar-refractivity contribution is 9.11. The van der Waals surface area contributed by atoms with Crippen molar-refractivity contribution < 1.29 is 4.74 Å². The first kappa shape index (κ1) is 17.3. The average molecular weight is 411 g/mol. The van der Waals surface area contributed by atoms with E-state index in [2.05, 4.69) is 50.8 Å². The van der Waals surface area contributed by atoms with Crippen LogP contribution in [0.4, 0.5) is 0 Å². The van der Waals surface area contributed by atoms with E-state index in [4.69, 9.17) is 22.8 Å². The minimum Gasteiger partial charge on any atom is -0.372 e. The van der Waals surface area contributed by atoms with Crippen molar-refractivity contribution in [1.82, 2.24) is 0 Å². The summed E-state index contributed by atoms with van der Waals surface area (Å²) in [7, 11) is 0. The minimum absolute atomic E-state index is 0.0293. The van der Waals surface area contributed by atoms with E-state index in [-0.39, 0.29) is 17.6 Å². The van der Waals surface area contributed by atoms with Gasteiger partial charge in [-0.1, -0.05) is 56.9 Å². The first-order valence-electron chi connectivity index (χ1n) is 6.47. The van der Waals surface area contributed by atoms with E-state index in [1.54, 1.807) is 6.08 Å². The fourth-order valence-electron chi connectivity index (χ4n) is 1.98. The maximum atomic E-state index is 6.35. The molecule has 0 amide bonds. The Kier molecular flexibility index (Phi) is 8.41. The lowest BCUT2D eigenvalue weighted by Crippen LogP contribution is -2.42. The van der Waals surface area contributed by atoms with Crippen LogP contribution in [0.5, 0.6) is 0 Å². The van der Waals surface area contributed by atoms with Gasteiger partial charge in [0.2, 0.25) is 0 Å². The lowest BCUT2D eigenvalue weighted by atomic mass is 9.99. The number of hydrogen-bond acceptors (Lipinski definition) is 1. The monoisotopic (exact) mass is 408 g/mol. The van der Waals surface area contributed by atoms with Gasteiger partial charge in [-0.15, -0.1) is 18.0 Å². The molecule has 1 aliphatic heterocycles. The zero-order valence-corrected chi connectivity index (χ0v) is 14.9. The van der Waals surface area contributed by atoms with Crippen molar-refractivity contribution in [3.63, 3.8) is 0 Å². The summed E-state index contributed by atoms with van der Waals surface area (Å²) < 4.78 is 7.30. The summed E-state index contributed by atoms with van der Waals surface area (Å²) in [5.74, 6) is 2.49. The molecule has 4 atom stereocenters. The molecule has 19 heavy (non-hydrogen) atoms. The third kappa shape index (κ3) is 6.04. The van der Waals surface area contributed by atoms with E-state index in [0.29, 0.717) is 4.83 Å². The average Bonchev–Trinajstić information content (AvgIpc) is 2.39. The molecule has 106 valence electrons. The summed E-state index contributed by atoms with van der Waals surface area (Å²) in [5, 5.41) is 0.0293. The van der Waals surface area contributed by atoms with Crippen LogP contribution in [0.25, 0.3) is 0 Å². The molecule has 1 aliphatic rings. The van der Waals surface area contributed by atoms with Crippen molar-refractivity contribution in [2.24, 2.45) is 0 Å². The Bertz CT molecular complexity index is 373. The van der Waals surface area contributed by atoms with Crippen LogP contribution in [0.3, 0.4) is 0 Å². The van der Waals surface area contributed by atoms with Gasteiger partial charge in [-0.05, 0) is 36.2 Å². The number of allylic oxidation sites excluding steroid dienone is 2. The normalized spacial score (nSPS) is 32.5. The van der Waals surface area contributed by atoms with Gasteiger partial charge in [0.25, 0.3) is 0 Å². The number of hydrogen-bond donors (Lipinski definition) is 0. The number of alkyl halides is 2. The van der Waals surface area contributed by atoms with Gasteiger partial charge in [0.15, 0.2) is 0 Å². The van der Waals surface area contributed by atoms with Gasteiger partial charge in [-0.25, -0.2) is 0 Å². The van der Waals surface area contributed by atoms with Crippen LogP contribution in [-0.2, 0) is 4.74 Å². The zero-order chi connectivity index (χ0) is 14.3. The Morgan fingerprint density at radius 3 is 2.84 bits per heavy atom. The molecule has 1 saturated heterocycles. The lowest BCUT2D eigenvalue weighted by molar-refractivity contribution is -0.0370. The van der Waals surface area contributed by atoms with Crippen molar-refractivity contribution in [3.05, 3.63) is 22.7 Å². The van der Waals surface area contributed by atoms with Gasteiger partial charge in [-0.2, -0.15) is 0 Å². The summed E-state index contributed by atoms with van der Waals surface area (Å²) in [6.45, 7) is 2.12. The Balaban J connectivity index is 2.57. The van der Waals surface area contributed by atoms with Gasteiger partial charge in [0.1, 0.15) is 0 Å². The molecule has 4 heteroatoms. The number of terminal acetylenes is 1. The number of ether oxygens (including phenoxy) is 1. The maximum Gasteiger partial charge on any atom is 0.0778 e. The highest BCUT2D eigenvalue weighted by Crippen LogP contribution is 2.33. The van der Waals surface area contributed by atoms with E-state index in [1.165, 1.54) is 4.48 Å². The fourth-order valence-corrected chi connectivity index (χ4v) is 3.48. The number of rotatable bonds is 5. The standard InChI is InChI=1S/C15H19Br2ClO/c1-3-5-6-7-15-13(18)10-12(17)14(19-15)9-8-11(16)4-2/h1,5-6,8,12-15H,4,7,9-10H2,2H3/b6-5+,11-8+/t12-,13+,14+,15-/m1/s1. The van der Waals surface area contributed by atoms with Crippen LogP contribution in [-0.4, -0.2) is 22.4 Å². The fraction of sp³-hybridized carbons (Fsp3) is 0.600. The van der Waals surface area contributed by atoms with Crippen molar-refractivity contribution in [1.29, 1.82) is 0 Å². The van der Waals surface area contributed by atoms with E-state index < -0.39 is 0 Å². The predicted molar refractivity (Wildman–Crippen MR) is 90.1 cm³/mol. The van der Waals surface area contributed by atoms with Crippen LogP contribution in [0.15, 0.2) is 22.7 Å². The molecule has 1 fully saturated rings. The topological polar surface area (TPSA) is 9.23 Å². The molecular formula is C15H19Br2ClO. The van der Waals surface area contributed by atoms with Crippen LogP contribution < -0.4 is 0 Å². The second-order valence-electron chi connectivity index (χ2n) is 4.53. The molecule has 1 rings (SSSR count). The van der Waals surface area contributed by atoms with Gasteiger partial charge in [0, 0.05) is 4.83 Å². The first-order chi connectivity index (χ1) is 9.08. The van der Waals surface area contributed by atoms with E-state index >= 15 is 0 Å². The van der Waals surface area contributed by atoms with E-state index in [1.807, 2.05) is 6.08 Å². The van der Waals surface area contributed by atoms with Gasteiger partial charge < -0.3 is 4.74 Å². The van der Waals surface area contributed by atoms with Crippen molar-refractivity contribution in [3.8, 4) is 12.3 Å². The third-order valence-corrected chi connectivity index (χ3v) is 5.41. The summed E-state index contributed by atoms with van der Waals surface area (Å²) >= 11 is 13.6. The van der Waals surface area contributed by atoms with Crippen LogP contribution >= 0.6 is 43.5 Å². The van der Waals surface area contributed by atoms with Crippen molar-refractivity contribution in [2.75, 3.05) is 0 Å². The predicted octanol–water partition coefficient (Wildman–Crippen LogP) is 5.17. The molecule has 0 saturated carbocycles. The largest absolute Gasteiger partial charge is 0.372 e. The molecule has 1 nitrogen and oxygen atoms in total. The Morgan fingerprint density at radius 1 is 1.47 bits per heavy atom. The zero-order valence-electron chi connectivity index (χ0n) is 11.0. The molecule has 0 aliphatic carbocycles. The quantitative estimate of drug-likeness (QED) is 0.449. The van der Waals surface area contributed by atoms with Gasteiger partial charge >= 0.3 is 0 Å². The van der Waals surface area contributed by atoms with Crippen molar-refractivity contribution >= 4 is 43.5 Å². The summed E-state index contributed by atoms with van der Waals surface area (Å²) in [4.78, 5) is 0.302. The highest BCUT2D eigenvalue weighted by Gasteiger charge is 2.34. The van der Waals surface area contributed by atoms with Crippen LogP contribution in [0, 0.1) is 12.3 Å². The molecule has 0 spiro atoms. The minimum atomic E-state index is 0.0293. The molecule has 0 N–H and O–H groups in total. The smallest absolute Gasteiger partial charge is 0.0778 e. The van der Waals surface area contributed by atoms with Gasteiger partial charge in [-0.3, -0.25) is 0 Å². The summed E-state index contributed by atoms with van der Waals surface area (Å²) in [5.41, 5.74) is 0. The summed E-state index contributed by atoms with van der Waals surface area (Å²) in [6.07, 6.45) is 14.8. The SMILES string of the molecule is C#C/C=C/C[C@H]1O[C@@H](C/C=C(/Br)CC)[C@H](Br)C[C@@H]1Cl. The Hall–Kier alpha value is 0.250. The Labute approximate surface area is 138 Å². The lowest BCUT2D eigenvalue weighted by Gasteiger charge is -2.36. The molecular weight excluding hydrogens is 391 g/mol. The third-order valence-electron chi connectivity index (χ3n) is 3.10. The van der Waals surface area contributed by atoms with E-state index in [9.17, 15) is 0 Å². The van der Waals surface area contributed by atoms with Crippen LogP contribution in [0.1, 0.15) is 32.6 Å². The Morgan fingerprint density at radius 2 is 2.21 bits per heavy atom. The molecule has 0 aromatic carbocycles. The number of halogens is 3.